The minimum absolute atomic E-state index is 0.105. The van der Waals surface area contributed by atoms with E-state index in [0.29, 0.717) is 25.7 Å². The molecule has 2 unspecified atom stereocenters. The second kappa shape index (κ2) is 73.4. The van der Waals surface area contributed by atoms with E-state index >= 15 is 0 Å². The molecule has 0 radical (unpaired) electrons. The minimum atomic E-state index is -4.96. The van der Waals surface area contributed by atoms with Crippen LogP contribution < -0.4 is 0 Å². The number of aliphatic hydroxyl groups is 1. The van der Waals surface area contributed by atoms with Gasteiger partial charge < -0.3 is 33.8 Å². The molecule has 0 heterocycles. The Balaban J connectivity index is 5.11. The Morgan fingerprint density at radius 3 is 0.602 bits per heavy atom. The van der Waals surface area contributed by atoms with Crippen LogP contribution >= 0.6 is 15.6 Å². The van der Waals surface area contributed by atoms with Crippen LogP contribution in [-0.2, 0) is 65.4 Å². The third kappa shape index (κ3) is 72.4. The quantitative estimate of drug-likeness (QED) is 0.0222. The molecule has 19 heteroatoms. The lowest BCUT2D eigenvalue weighted by Crippen LogP contribution is -2.30. The molecule has 0 aromatic carbocycles. The summed E-state index contributed by atoms with van der Waals surface area (Å²) in [6, 6.07) is 0. The third-order valence-corrected chi connectivity index (χ3v) is 20.5. The number of hydrogen-bond donors (Lipinski definition) is 3. The van der Waals surface area contributed by atoms with Crippen molar-refractivity contribution >= 4 is 39.5 Å². The minimum Gasteiger partial charge on any atom is -0.462 e. The Kier molecular flexibility index (Phi) is 71.9. The normalized spacial score (nSPS) is 13.8. The van der Waals surface area contributed by atoms with Crippen LogP contribution in [0.25, 0.3) is 0 Å². The predicted octanol–water partition coefficient (Wildman–Crippen LogP) is 23.8. The monoisotopic (exact) mass is 1440 g/mol. The van der Waals surface area contributed by atoms with Crippen molar-refractivity contribution < 1.29 is 80.2 Å². The summed E-state index contributed by atoms with van der Waals surface area (Å²) in [5.41, 5.74) is 0. The average molecular weight is 1440 g/mol. The van der Waals surface area contributed by atoms with Crippen LogP contribution in [0.1, 0.15) is 426 Å². The number of ether oxygens (including phenoxy) is 4. The van der Waals surface area contributed by atoms with Gasteiger partial charge >= 0.3 is 39.5 Å². The molecular weight excluding hydrogens is 1280 g/mol. The maximum Gasteiger partial charge on any atom is 0.472 e. The van der Waals surface area contributed by atoms with Gasteiger partial charge in [0.05, 0.1) is 26.4 Å². The molecule has 98 heavy (non-hydrogen) atoms. The average Bonchev–Trinajstić information content (AvgIpc) is 1.00. The smallest absolute Gasteiger partial charge is 0.462 e. The van der Waals surface area contributed by atoms with E-state index in [2.05, 4.69) is 27.7 Å². The van der Waals surface area contributed by atoms with Gasteiger partial charge in [-0.05, 0) is 25.7 Å². The fourth-order valence-electron chi connectivity index (χ4n) is 12.3. The summed E-state index contributed by atoms with van der Waals surface area (Å²) in [6.07, 6.45) is 65.7. The van der Waals surface area contributed by atoms with Crippen molar-refractivity contribution in [3.63, 3.8) is 0 Å². The van der Waals surface area contributed by atoms with Gasteiger partial charge in [0.1, 0.15) is 19.3 Å². The maximum absolute atomic E-state index is 13.1. The van der Waals surface area contributed by atoms with Crippen LogP contribution in [-0.4, -0.2) is 96.7 Å². The van der Waals surface area contributed by atoms with Crippen molar-refractivity contribution in [1.29, 1.82) is 0 Å². The molecule has 0 amide bonds. The summed E-state index contributed by atoms with van der Waals surface area (Å²) in [6.45, 7) is 4.94. The molecule has 0 aliphatic rings. The highest BCUT2D eigenvalue weighted by molar-refractivity contribution is 7.47. The van der Waals surface area contributed by atoms with Gasteiger partial charge in [-0.3, -0.25) is 37.3 Å². The first-order valence-corrected chi connectivity index (χ1v) is 44.3. The van der Waals surface area contributed by atoms with E-state index in [0.717, 1.165) is 103 Å². The van der Waals surface area contributed by atoms with Gasteiger partial charge in [-0.15, -0.1) is 0 Å². The Morgan fingerprint density at radius 2 is 0.408 bits per heavy atom. The second-order valence-electron chi connectivity index (χ2n) is 28.5. The van der Waals surface area contributed by atoms with Gasteiger partial charge in [-0.2, -0.15) is 0 Å². The highest BCUT2D eigenvalue weighted by Crippen LogP contribution is 2.45. The topological polar surface area (TPSA) is 237 Å². The Morgan fingerprint density at radius 1 is 0.245 bits per heavy atom. The lowest BCUT2D eigenvalue weighted by Gasteiger charge is -2.21. The van der Waals surface area contributed by atoms with E-state index in [1.165, 1.54) is 244 Å². The fourth-order valence-corrected chi connectivity index (χ4v) is 13.9. The summed E-state index contributed by atoms with van der Waals surface area (Å²) < 4.78 is 68.4. The zero-order valence-electron chi connectivity index (χ0n) is 63.8. The number of phosphoric ester groups is 2. The van der Waals surface area contributed by atoms with Gasteiger partial charge in [0.25, 0.3) is 0 Å². The Labute approximate surface area is 600 Å². The van der Waals surface area contributed by atoms with Gasteiger partial charge in [-0.1, -0.05) is 374 Å². The largest absolute Gasteiger partial charge is 0.472 e. The molecule has 0 rings (SSSR count). The van der Waals surface area contributed by atoms with E-state index in [-0.39, 0.29) is 25.7 Å². The number of rotatable bonds is 80. The Hall–Kier alpha value is -1.94. The number of esters is 4. The van der Waals surface area contributed by atoms with E-state index in [9.17, 15) is 43.2 Å². The lowest BCUT2D eigenvalue weighted by molar-refractivity contribution is -0.161. The molecule has 582 valence electrons. The molecule has 0 aliphatic carbocycles. The highest BCUT2D eigenvalue weighted by Gasteiger charge is 2.30. The highest BCUT2D eigenvalue weighted by atomic mass is 31.2. The van der Waals surface area contributed by atoms with E-state index in [1.807, 2.05) is 0 Å². The molecule has 3 N–H and O–H groups in total. The zero-order chi connectivity index (χ0) is 71.8. The predicted molar refractivity (Wildman–Crippen MR) is 400 cm³/mol. The summed E-state index contributed by atoms with van der Waals surface area (Å²) >= 11 is 0. The molecule has 17 nitrogen and oxygen atoms in total. The van der Waals surface area contributed by atoms with Crippen molar-refractivity contribution in [3.05, 3.63) is 0 Å². The van der Waals surface area contributed by atoms with E-state index < -0.39 is 97.5 Å². The first-order chi connectivity index (χ1) is 47.7. The summed E-state index contributed by atoms with van der Waals surface area (Å²) in [5, 5.41) is 10.6. The van der Waals surface area contributed by atoms with Crippen LogP contribution in [0.5, 0.6) is 0 Å². The number of hydrogen-bond acceptors (Lipinski definition) is 15. The molecule has 5 atom stereocenters. The summed E-state index contributed by atoms with van der Waals surface area (Å²) in [4.78, 5) is 72.6. The van der Waals surface area contributed by atoms with Crippen LogP contribution in [0.2, 0.25) is 0 Å². The van der Waals surface area contributed by atoms with Crippen molar-refractivity contribution in [3.8, 4) is 0 Å². The third-order valence-electron chi connectivity index (χ3n) is 18.6. The lowest BCUT2D eigenvalue weighted by atomic mass is 10.0. The van der Waals surface area contributed by atoms with Crippen LogP contribution in [0, 0.1) is 0 Å². The van der Waals surface area contributed by atoms with Gasteiger partial charge in [0.2, 0.25) is 0 Å². The zero-order valence-corrected chi connectivity index (χ0v) is 65.6. The van der Waals surface area contributed by atoms with Crippen molar-refractivity contribution in [2.45, 2.75) is 444 Å². The number of unbranched alkanes of at least 4 members (excludes halogenated alkanes) is 54. The number of phosphoric acid groups is 2. The van der Waals surface area contributed by atoms with Crippen molar-refractivity contribution in [2.24, 2.45) is 0 Å². The molecule has 0 bridgehead atoms. The van der Waals surface area contributed by atoms with E-state index in [1.54, 1.807) is 0 Å². The van der Waals surface area contributed by atoms with E-state index in [4.69, 9.17) is 37.0 Å². The van der Waals surface area contributed by atoms with Crippen LogP contribution in [0.3, 0.4) is 0 Å². The number of carbonyl (C=O) groups is 4. The number of carbonyl (C=O) groups excluding carboxylic acids is 4. The van der Waals surface area contributed by atoms with Crippen molar-refractivity contribution in [2.75, 3.05) is 39.6 Å². The number of aliphatic hydroxyl groups excluding tert-OH is 1. The van der Waals surface area contributed by atoms with Crippen LogP contribution in [0.4, 0.5) is 0 Å². The fraction of sp³-hybridized carbons (Fsp3) is 0.949. The van der Waals surface area contributed by atoms with Gasteiger partial charge in [-0.25, -0.2) is 9.13 Å². The first kappa shape index (κ1) is 96.1. The molecule has 0 saturated carbocycles. The molecule has 0 saturated heterocycles. The van der Waals surface area contributed by atoms with Crippen LogP contribution in [0.15, 0.2) is 0 Å². The SMILES string of the molecule is CCCCCCCCCCCCCCCCCCCCCCCCC(=O)O[C@H](COC(=O)CCCCCCCCCCCCCCCCCCCCCC)COP(=O)(O)OC[C@@H](O)COP(=O)(O)OC[C@@H](COC(=O)CCCCCCCCCC)OC(=O)CCCCCCCCCC. The molecule has 0 aromatic rings. The molecule has 0 spiro atoms. The molecule has 0 aliphatic heterocycles. The first-order valence-electron chi connectivity index (χ1n) is 41.3. The summed E-state index contributed by atoms with van der Waals surface area (Å²) in [7, 11) is -9.90. The van der Waals surface area contributed by atoms with Gasteiger partial charge in [0, 0.05) is 25.7 Å². The summed E-state index contributed by atoms with van der Waals surface area (Å²) in [5.74, 6) is -2.12. The Bertz CT molecular complexity index is 1860. The van der Waals surface area contributed by atoms with Gasteiger partial charge in [0.15, 0.2) is 12.2 Å². The molecule has 0 aromatic heterocycles. The van der Waals surface area contributed by atoms with Crippen molar-refractivity contribution in [1.82, 2.24) is 0 Å². The molecular formula is C79H154O17P2. The standard InChI is InChI=1S/C79H154O17P2/c1-5-9-13-17-21-25-27-29-31-33-35-37-38-40-42-44-46-48-50-54-58-62-66-79(84)96-75(70-90-77(82)64-60-56-53-49-47-45-43-41-39-36-34-32-30-28-26-22-18-14-10-6-2)72-94-98(87,88)92-68-73(80)67-91-97(85,86)93-71-74(95-78(83)65-61-57-52-24-20-16-12-8-4)69-89-76(81)63-59-55-51-23-19-15-11-7-3/h73-75,80H,5-72H2,1-4H3,(H,85,86)(H,87,88)/t73-,74+,75+/m0/s1. The second-order valence-corrected chi connectivity index (χ2v) is 31.4. The maximum atomic E-state index is 13.1. The molecule has 0 fully saturated rings.